The Bertz CT molecular complexity index is 1070. The number of alkyl halides is 2. The molecule has 206 valence electrons. The van der Waals surface area contributed by atoms with Crippen LogP contribution in [-0.4, -0.2) is 51.7 Å². The molecule has 7 nitrogen and oxygen atoms in total. The van der Waals surface area contributed by atoms with Gasteiger partial charge in [-0.05, 0) is 62.5 Å². The lowest BCUT2D eigenvalue weighted by Gasteiger charge is -2.61. The lowest BCUT2D eigenvalue weighted by atomic mass is 9.45. The monoisotopic (exact) mass is 524 g/mol. The van der Waals surface area contributed by atoms with Crippen LogP contribution in [0.25, 0.3) is 0 Å². The third kappa shape index (κ3) is 3.51. The number of hydrogen-bond acceptors (Lipinski definition) is 6. The van der Waals surface area contributed by atoms with Gasteiger partial charge >= 0.3 is 12.1 Å². The highest BCUT2D eigenvalue weighted by Crippen LogP contribution is 2.72. The molecule has 3 fully saturated rings. The van der Waals surface area contributed by atoms with Gasteiger partial charge in [0, 0.05) is 23.3 Å². The molecule has 0 aromatic heterocycles. The fourth-order valence-electron chi connectivity index (χ4n) is 8.20. The molecule has 9 heteroatoms. The van der Waals surface area contributed by atoms with Crippen molar-refractivity contribution >= 4 is 17.9 Å². The van der Waals surface area contributed by atoms with Gasteiger partial charge in [0.1, 0.15) is 23.7 Å². The maximum Gasteiger partial charge on any atom is 0.509 e. The van der Waals surface area contributed by atoms with Crippen molar-refractivity contribution in [3.8, 4) is 0 Å². The summed E-state index contributed by atoms with van der Waals surface area (Å²) in [4.78, 5) is 37.9. The second-order valence-corrected chi connectivity index (χ2v) is 12.2. The number of aliphatic hydroxyl groups excluding tert-OH is 1. The number of carboxylic acid groups (broad SMARTS) is 1. The molecule has 0 aromatic carbocycles. The normalized spacial score (nSPS) is 43.6. The van der Waals surface area contributed by atoms with Crippen molar-refractivity contribution in [1.82, 2.24) is 0 Å². The highest BCUT2D eigenvalue weighted by molar-refractivity contribution is 6.02. The number of aliphatic hydroxyl groups is 1. The minimum absolute atomic E-state index is 0.000623. The number of fused-ring (bicyclic) bond motifs is 5. The van der Waals surface area contributed by atoms with Gasteiger partial charge in [-0.25, -0.2) is 18.4 Å². The predicted octanol–water partition coefficient (Wildman–Crippen LogP) is 5.88. The smallest absolute Gasteiger partial charge is 0.509 e. The maximum atomic E-state index is 17.2. The average molecular weight is 525 g/mol. The molecule has 0 radical (unpaired) electrons. The van der Waals surface area contributed by atoms with Gasteiger partial charge < -0.3 is 19.7 Å². The van der Waals surface area contributed by atoms with Crippen LogP contribution in [0.15, 0.2) is 23.5 Å². The molecule has 0 aliphatic heterocycles. The molecule has 4 aliphatic rings. The van der Waals surface area contributed by atoms with E-state index in [0.29, 0.717) is 6.42 Å². The van der Waals surface area contributed by atoms with Gasteiger partial charge in [-0.15, -0.1) is 0 Å². The molecule has 37 heavy (non-hydrogen) atoms. The third-order valence-electron chi connectivity index (χ3n) is 10.3. The Hall–Kier alpha value is -2.45. The molecular formula is C28H38F2O7. The summed E-state index contributed by atoms with van der Waals surface area (Å²) >= 11 is 0. The van der Waals surface area contributed by atoms with Crippen LogP contribution in [0.4, 0.5) is 13.6 Å². The largest absolute Gasteiger partial charge is 0.511 e. The SMILES string of the molecule is CCC(OC(=O)O[C@@]1(C(=O)O)[C@H](C)C[C@H]2[C@@H]3C[C@H](F)C4=CC(=O)C=C(O)[C@]4(C)C3(F)CC[C@@]21C)C(C)C. The van der Waals surface area contributed by atoms with Crippen molar-refractivity contribution < 1.29 is 42.9 Å². The first-order valence-corrected chi connectivity index (χ1v) is 13.2. The predicted molar refractivity (Wildman–Crippen MR) is 130 cm³/mol. The first kappa shape index (κ1) is 27.6. The third-order valence-corrected chi connectivity index (χ3v) is 10.3. The van der Waals surface area contributed by atoms with Crippen LogP contribution in [0.2, 0.25) is 0 Å². The minimum atomic E-state index is -2.12. The van der Waals surface area contributed by atoms with Crippen LogP contribution in [0, 0.1) is 34.5 Å². The van der Waals surface area contributed by atoms with Gasteiger partial charge in [0.25, 0.3) is 0 Å². The van der Waals surface area contributed by atoms with Crippen LogP contribution < -0.4 is 0 Å². The first-order chi connectivity index (χ1) is 17.1. The van der Waals surface area contributed by atoms with E-state index in [-0.39, 0.29) is 37.2 Å². The summed E-state index contributed by atoms with van der Waals surface area (Å²) < 4.78 is 44.1. The molecule has 4 rings (SSSR count). The zero-order chi connectivity index (χ0) is 27.7. The highest BCUT2D eigenvalue weighted by Gasteiger charge is 2.77. The van der Waals surface area contributed by atoms with Crippen LogP contribution in [0.3, 0.4) is 0 Å². The molecule has 4 aliphatic carbocycles. The topological polar surface area (TPSA) is 110 Å². The van der Waals surface area contributed by atoms with Crippen molar-refractivity contribution in [2.75, 3.05) is 0 Å². The molecule has 0 spiro atoms. The van der Waals surface area contributed by atoms with E-state index in [4.69, 9.17) is 9.47 Å². The fraction of sp³-hybridized carbons (Fsp3) is 0.750. The van der Waals surface area contributed by atoms with E-state index in [1.165, 1.54) is 6.92 Å². The Morgan fingerprint density at radius 2 is 1.81 bits per heavy atom. The standard InChI is InChI=1S/C28H38F2O7/c1-7-21(14(2)3)36-24(35)37-28(23(33)34)15(4)10-17-18-13-20(29)19-11-16(31)12-22(32)26(19,6)27(18,30)9-8-25(17,28)5/h11-12,14-15,17-18,20-21,32H,7-10,13H2,1-6H3,(H,33,34)/t15-,17+,18+,20+,21?,25+,26-,27?,28-/m1/s1. The number of carbonyl (C=O) groups is 3. The Morgan fingerprint density at radius 3 is 2.38 bits per heavy atom. The molecule has 0 saturated heterocycles. The molecule has 9 atom stereocenters. The molecule has 0 bridgehead atoms. The number of ketones is 1. The number of ether oxygens (including phenoxy) is 2. The molecule has 0 heterocycles. The van der Waals surface area contributed by atoms with E-state index < -0.39 is 75.8 Å². The zero-order valence-electron chi connectivity index (χ0n) is 22.3. The lowest BCUT2D eigenvalue weighted by Crippen LogP contribution is -2.66. The number of carbonyl (C=O) groups excluding carboxylic acids is 2. The van der Waals surface area contributed by atoms with Crippen LogP contribution in [-0.2, 0) is 19.1 Å². The second-order valence-electron chi connectivity index (χ2n) is 12.2. The van der Waals surface area contributed by atoms with E-state index in [0.717, 1.165) is 12.2 Å². The second kappa shape index (κ2) is 8.80. The molecule has 0 aromatic rings. The number of allylic oxidation sites excluding steroid dienone is 3. The number of rotatable bonds is 5. The Labute approximate surface area is 216 Å². The van der Waals surface area contributed by atoms with E-state index >= 15 is 8.78 Å². The van der Waals surface area contributed by atoms with E-state index in [2.05, 4.69) is 0 Å². The van der Waals surface area contributed by atoms with Gasteiger partial charge in [-0.2, -0.15) is 0 Å². The van der Waals surface area contributed by atoms with Gasteiger partial charge in [0.2, 0.25) is 5.60 Å². The summed E-state index contributed by atoms with van der Waals surface area (Å²) in [5, 5.41) is 21.3. The van der Waals surface area contributed by atoms with Crippen LogP contribution >= 0.6 is 0 Å². The molecule has 0 amide bonds. The summed E-state index contributed by atoms with van der Waals surface area (Å²) in [6.45, 7) is 10.4. The van der Waals surface area contributed by atoms with E-state index in [1.54, 1.807) is 13.8 Å². The van der Waals surface area contributed by atoms with Crippen molar-refractivity contribution in [2.45, 2.75) is 97.2 Å². The van der Waals surface area contributed by atoms with Crippen molar-refractivity contribution in [3.05, 3.63) is 23.5 Å². The van der Waals surface area contributed by atoms with Gasteiger partial charge in [-0.1, -0.05) is 34.6 Å². The first-order valence-electron chi connectivity index (χ1n) is 13.2. The Kier molecular flexibility index (Phi) is 6.56. The number of carboxylic acids is 1. The van der Waals surface area contributed by atoms with Crippen molar-refractivity contribution in [3.63, 3.8) is 0 Å². The van der Waals surface area contributed by atoms with E-state index in [1.807, 2.05) is 20.8 Å². The summed E-state index contributed by atoms with van der Waals surface area (Å²) in [7, 11) is 0. The Morgan fingerprint density at radius 1 is 1.16 bits per heavy atom. The fourth-order valence-corrected chi connectivity index (χ4v) is 8.20. The van der Waals surface area contributed by atoms with Crippen LogP contribution in [0.1, 0.15) is 73.6 Å². The van der Waals surface area contributed by atoms with Crippen molar-refractivity contribution in [2.24, 2.45) is 34.5 Å². The summed E-state index contributed by atoms with van der Waals surface area (Å²) in [6, 6.07) is 0. The Balaban J connectivity index is 1.75. The summed E-state index contributed by atoms with van der Waals surface area (Å²) in [5.74, 6) is -4.75. The number of hydrogen-bond donors (Lipinski definition) is 2. The lowest BCUT2D eigenvalue weighted by molar-refractivity contribution is -0.206. The van der Waals surface area contributed by atoms with Gasteiger partial charge in [0.15, 0.2) is 5.78 Å². The molecule has 2 unspecified atom stereocenters. The van der Waals surface area contributed by atoms with Crippen molar-refractivity contribution in [1.29, 1.82) is 0 Å². The van der Waals surface area contributed by atoms with Gasteiger partial charge in [0.05, 0.1) is 5.41 Å². The van der Waals surface area contributed by atoms with Crippen LogP contribution in [0.5, 0.6) is 0 Å². The van der Waals surface area contributed by atoms with E-state index in [9.17, 15) is 24.6 Å². The quantitative estimate of drug-likeness (QED) is 0.432. The average Bonchev–Trinajstić information content (AvgIpc) is 3.03. The number of halogens is 2. The summed E-state index contributed by atoms with van der Waals surface area (Å²) in [5.41, 5.74) is -7.14. The molecule has 2 N–H and O–H groups in total. The molecule has 3 saturated carbocycles. The molecular weight excluding hydrogens is 486 g/mol. The highest BCUT2D eigenvalue weighted by atomic mass is 19.1. The zero-order valence-corrected chi connectivity index (χ0v) is 22.3. The maximum absolute atomic E-state index is 17.2. The summed E-state index contributed by atoms with van der Waals surface area (Å²) in [6.07, 6.45) is -0.906. The minimum Gasteiger partial charge on any atom is -0.511 e. The van der Waals surface area contributed by atoms with Gasteiger partial charge in [-0.3, -0.25) is 4.79 Å². The number of aliphatic carboxylic acids is 1.